The number of hydrogen-bond acceptors (Lipinski definition) is 3. The Hall–Kier alpha value is -1.56. The van der Waals surface area contributed by atoms with Crippen molar-refractivity contribution in [3.63, 3.8) is 0 Å². The highest BCUT2D eigenvalue weighted by molar-refractivity contribution is 8.00. The van der Waals surface area contributed by atoms with Gasteiger partial charge in [0, 0.05) is 11.8 Å². The Morgan fingerprint density at radius 2 is 2.07 bits per heavy atom. The van der Waals surface area contributed by atoms with E-state index in [-0.39, 0.29) is 28.9 Å². The molecule has 4 rings (SSSR count). The number of carbonyl (C=O) groups excluding carboxylic acids is 2. The molecule has 0 unspecified atom stereocenters. The lowest BCUT2D eigenvalue weighted by atomic mass is 9.84. The maximum absolute atomic E-state index is 13.0. The third kappa shape index (κ3) is 4.15. The average Bonchev–Trinajstić information content (AvgIpc) is 3.28. The van der Waals surface area contributed by atoms with Crippen molar-refractivity contribution in [2.24, 2.45) is 17.8 Å². The van der Waals surface area contributed by atoms with E-state index in [1.54, 1.807) is 12.1 Å². The largest absolute Gasteiger partial charge is 0.352 e. The van der Waals surface area contributed by atoms with Crippen LogP contribution in [0.25, 0.3) is 0 Å². The predicted molar refractivity (Wildman–Crippen MR) is 105 cm³/mol. The summed E-state index contributed by atoms with van der Waals surface area (Å²) < 4.78 is 13.0. The molecular formula is C21H27FN2O2S. The highest BCUT2D eigenvalue weighted by atomic mass is 32.2. The topological polar surface area (TPSA) is 58.2 Å². The van der Waals surface area contributed by atoms with Gasteiger partial charge in [0.1, 0.15) is 11.9 Å². The molecule has 1 aromatic carbocycles. The first-order valence-electron chi connectivity index (χ1n) is 9.96. The normalized spacial score (nSPS) is 33.6. The Kier molecular flexibility index (Phi) is 5.44. The molecule has 6 atom stereocenters. The van der Waals surface area contributed by atoms with Gasteiger partial charge < -0.3 is 10.6 Å². The molecule has 1 heterocycles. The molecule has 2 aliphatic carbocycles. The summed E-state index contributed by atoms with van der Waals surface area (Å²) in [7, 11) is 0. The van der Waals surface area contributed by atoms with Crippen LogP contribution in [0.4, 0.5) is 4.39 Å². The first-order valence-corrected chi connectivity index (χ1v) is 11.0. The van der Waals surface area contributed by atoms with Gasteiger partial charge in [-0.3, -0.25) is 9.59 Å². The summed E-state index contributed by atoms with van der Waals surface area (Å²) in [5.74, 6) is 2.34. The minimum atomic E-state index is -0.465. The van der Waals surface area contributed by atoms with Gasteiger partial charge in [0.2, 0.25) is 11.8 Å². The number of fused-ring (bicyclic) bond motifs is 2. The second kappa shape index (κ2) is 7.82. The molecule has 6 heteroatoms. The molecule has 2 amide bonds. The van der Waals surface area contributed by atoms with E-state index in [0.29, 0.717) is 18.1 Å². The number of rotatable bonds is 5. The van der Waals surface area contributed by atoms with Crippen molar-refractivity contribution < 1.29 is 14.0 Å². The Morgan fingerprint density at radius 1 is 1.30 bits per heavy atom. The van der Waals surface area contributed by atoms with Crippen LogP contribution in [0.15, 0.2) is 24.3 Å². The van der Waals surface area contributed by atoms with Crippen molar-refractivity contribution in [1.82, 2.24) is 10.6 Å². The number of hydrogen-bond donors (Lipinski definition) is 2. The Morgan fingerprint density at radius 3 is 2.70 bits per heavy atom. The fraction of sp³-hybridized carbons (Fsp3) is 0.619. The monoisotopic (exact) mass is 390 g/mol. The molecule has 3 aliphatic rings. The van der Waals surface area contributed by atoms with Gasteiger partial charge in [-0.25, -0.2) is 4.39 Å². The lowest BCUT2D eigenvalue weighted by Gasteiger charge is -2.32. The minimum absolute atomic E-state index is 0.0636. The second-order valence-electron chi connectivity index (χ2n) is 8.35. The van der Waals surface area contributed by atoms with Crippen LogP contribution in [0.1, 0.15) is 38.2 Å². The van der Waals surface area contributed by atoms with Crippen LogP contribution in [0.5, 0.6) is 0 Å². The molecule has 146 valence electrons. The molecular weight excluding hydrogens is 363 g/mol. The Balaban J connectivity index is 1.28. The van der Waals surface area contributed by atoms with E-state index in [0.717, 1.165) is 17.4 Å². The number of benzene rings is 1. The lowest BCUT2D eigenvalue weighted by molar-refractivity contribution is -0.129. The van der Waals surface area contributed by atoms with Gasteiger partial charge in [-0.1, -0.05) is 18.6 Å². The van der Waals surface area contributed by atoms with Gasteiger partial charge >= 0.3 is 0 Å². The van der Waals surface area contributed by atoms with E-state index in [4.69, 9.17) is 0 Å². The van der Waals surface area contributed by atoms with Crippen LogP contribution in [0, 0.1) is 23.6 Å². The average molecular weight is 391 g/mol. The molecule has 1 aromatic rings. The van der Waals surface area contributed by atoms with Gasteiger partial charge in [-0.15, -0.1) is 11.8 Å². The molecule has 3 fully saturated rings. The maximum atomic E-state index is 13.0. The number of halogens is 1. The zero-order chi connectivity index (χ0) is 19.0. The molecule has 27 heavy (non-hydrogen) atoms. The van der Waals surface area contributed by atoms with Crippen molar-refractivity contribution >= 4 is 23.6 Å². The summed E-state index contributed by atoms with van der Waals surface area (Å²) in [4.78, 5) is 25.1. The summed E-state index contributed by atoms with van der Waals surface area (Å²) >= 11 is 1.51. The number of carbonyl (C=O) groups is 2. The first kappa shape index (κ1) is 18.8. The van der Waals surface area contributed by atoms with Crippen LogP contribution < -0.4 is 10.6 Å². The van der Waals surface area contributed by atoms with Gasteiger partial charge in [0.05, 0.1) is 5.25 Å². The van der Waals surface area contributed by atoms with Crippen LogP contribution in [0.2, 0.25) is 0 Å². The predicted octanol–water partition coefficient (Wildman–Crippen LogP) is 2.91. The summed E-state index contributed by atoms with van der Waals surface area (Å²) in [6.45, 7) is 2.11. The van der Waals surface area contributed by atoms with E-state index in [9.17, 15) is 14.0 Å². The second-order valence-corrected chi connectivity index (χ2v) is 9.59. The van der Waals surface area contributed by atoms with Gasteiger partial charge in [0.15, 0.2) is 0 Å². The minimum Gasteiger partial charge on any atom is -0.352 e. The summed E-state index contributed by atoms with van der Waals surface area (Å²) in [5.41, 5.74) is 0.928. The van der Waals surface area contributed by atoms with Crippen LogP contribution in [-0.2, 0) is 16.0 Å². The fourth-order valence-corrected chi connectivity index (χ4v) is 6.25. The SMILES string of the molecule is C[C@H](NC(=O)[C@@H]1CS[C@@H](Cc2ccc(F)cc2)C(=O)N1)[C@H]1C[C@H]2CC[C@H]1C2. The Bertz CT molecular complexity index is 711. The molecule has 2 saturated carbocycles. The van der Waals surface area contributed by atoms with E-state index in [2.05, 4.69) is 17.6 Å². The van der Waals surface area contributed by atoms with E-state index < -0.39 is 6.04 Å². The van der Waals surface area contributed by atoms with Crippen LogP contribution in [0.3, 0.4) is 0 Å². The van der Waals surface area contributed by atoms with Crippen molar-refractivity contribution in [3.8, 4) is 0 Å². The van der Waals surface area contributed by atoms with Crippen molar-refractivity contribution in [2.75, 3.05) is 5.75 Å². The van der Waals surface area contributed by atoms with Crippen molar-refractivity contribution in [3.05, 3.63) is 35.6 Å². The zero-order valence-corrected chi connectivity index (χ0v) is 16.4. The summed E-state index contributed by atoms with van der Waals surface area (Å²) in [5, 5.41) is 5.81. The number of amides is 2. The molecule has 2 bridgehead atoms. The van der Waals surface area contributed by atoms with Crippen LogP contribution >= 0.6 is 11.8 Å². The highest BCUT2D eigenvalue weighted by Crippen LogP contribution is 2.49. The molecule has 4 nitrogen and oxygen atoms in total. The quantitative estimate of drug-likeness (QED) is 0.813. The maximum Gasteiger partial charge on any atom is 0.243 e. The standard InChI is InChI=1S/C21H27FN2O2S/c1-12(17-9-14-2-5-15(17)8-14)23-20(25)18-11-27-19(21(26)24-18)10-13-3-6-16(22)7-4-13/h3-4,6-7,12,14-15,17-19H,2,5,8-11H2,1H3,(H,23,25)(H,24,26)/t12-,14-,15-,17+,18-,19-/m0/s1. The van der Waals surface area contributed by atoms with Gasteiger partial charge in [0.25, 0.3) is 0 Å². The van der Waals surface area contributed by atoms with Crippen molar-refractivity contribution in [1.29, 1.82) is 0 Å². The highest BCUT2D eigenvalue weighted by Gasteiger charge is 2.42. The van der Waals surface area contributed by atoms with Crippen LogP contribution in [-0.4, -0.2) is 34.9 Å². The third-order valence-electron chi connectivity index (χ3n) is 6.53. The molecule has 1 saturated heterocycles. The zero-order valence-electron chi connectivity index (χ0n) is 15.6. The number of nitrogens with one attached hydrogen (secondary N) is 2. The Labute approximate surface area is 164 Å². The molecule has 0 aromatic heterocycles. The summed E-state index contributed by atoms with van der Waals surface area (Å²) in [6, 6.07) is 5.94. The first-order chi connectivity index (χ1) is 13.0. The fourth-order valence-electron chi connectivity index (χ4n) is 5.06. The molecule has 0 spiro atoms. The van der Waals surface area contributed by atoms with E-state index in [1.165, 1.54) is 49.6 Å². The summed E-state index contributed by atoms with van der Waals surface area (Å²) in [6.07, 6.45) is 5.76. The molecule has 2 N–H and O–H groups in total. The van der Waals surface area contributed by atoms with Gasteiger partial charge in [-0.2, -0.15) is 0 Å². The van der Waals surface area contributed by atoms with E-state index >= 15 is 0 Å². The molecule has 0 radical (unpaired) electrons. The third-order valence-corrected chi connectivity index (χ3v) is 7.84. The van der Waals surface area contributed by atoms with Gasteiger partial charge in [-0.05, 0) is 68.1 Å². The molecule has 1 aliphatic heterocycles. The van der Waals surface area contributed by atoms with Crippen molar-refractivity contribution in [2.45, 2.75) is 56.4 Å². The smallest absolute Gasteiger partial charge is 0.243 e. The lowest BCUT2D eigenvalue weighted by Crippen LogP contribution is -2.56. The number of thioether (sulfide) groups is 1. The van der Waals surface area contributed by atoms with E-state index in [1.807, 2.05) is 0 Å².